The Labute approximate surface area is 145 Å². The number of aryl methyl sites for hydroxylation is 2. The standard InChI is InChI=1S/C19H19N3OS/c1-13(14-5-7-16(8-6-14)22-10-9-20-12-22)21-19(23)18-11-15-3-2-4-17(15)24-18/h5-13H,2-4H2,1H3,(H,21,23)/t13-/m0/s1. The molecule has 0 spiro atoms. The number of rotatable bonds is 4. The van der Waals surface area contributed by atoms with Gasteiger partial charge in [0.15, 0.2) is 0 Å². The van der Waals surface area contributed by atoms with Crippen LogP contribution in [0.5, 0.6) is 0 Å². The van der Waals surface area contributed by atoms with Crippen molar-refractivity contribution >= 4 is 17.2 Å². The molecule has 0 bridgehead atoms. The van der Waals surface area contributed by atoms with Gasteiger partial charge >= 0.3 is 0 Å². The van der Waals surface area contributed by atoms with Crippen molar-refractivity contribution in [1.82, 2.24) is 14.9 Å². The van der Waals surface area contributed by atoms with E-state index in [0.717, 1.165) is 29.0 Å². The van der Waals surface area contributed by atoms with Crippen molar-refractivity contribution in [3.8, 4) is 5.69 Å². The molecule has 1 aliphatic rings. The monoisotopic (exact) mass is 337 g/mol. The van der Waals surface area contributed by atoms with E-state index in [1.807, 2.05) is 29.8 Å². The molecular formula is C19H19N3OS. The Hall–Kier alpha value is -2.40. The third-order valence-electron chi connectivity index (χ3n) is 4.51. The lowest BCUT2D eigenvalue weighted by Crippen LogP contribution is -2.25. The van der Waals surface area contributed by atoms with Gasteiger partial charge < -0.3 is 9.88 Å². The Morgan fingerprint density at radius 3 is 2.83 bits per heavy atom. The van der Waals surface area contributed by atoms with Gasteiger partial charge in [0.1, 0.15) is 0 Å². The molecule has 1 aliphatic carbocycles. The number of nitrogens with one attached hydrogen (secondary N) is 1. The summed E-state index contributed by atoms with van der Waals surface area (Å²) in [6, 6.07) is 10.2. The number of thiophene rings is 1. The molecule has 2 aromatic heterocycles. The van der Waals surface area contributed by atoms with Crippen molar-refractivity contribution in [1.29, 1.82) is 0 Å². The molecule has 122 valence electrons. The number of carbonyl (C=O) groups excluding carboxylic acids is 1. The average Bonchev–Trinajstić information content (AvgIpc) is 3.31. The van der Waals surface area contributed by atoms with Gasteiger partial charge in [0, 0.05) is 23.0 Å². The summed E-state index contributed by atoms with van der Waals surface area (Å²) in [7, 11) is 0. The summed E-state index contributed by atoms with van der Waals surface area (Å²) < 4.78 is 1.96. The van der Waals surface area contributed by atoms with Gasteiger partial charge in [-0.2, -0.15) is 0 Å². The van der Waals surface area contributed by atoms with Crippen molar-refractivity contribution in [3.05, 3.63) is 69.9 Å². The molecule has 4 rings (SSSR count). The second-order valence-electron chi connectivity index (χ2n) is 6.17. The van der Waals surface area contributed by atoms with Crippen molar-refractivity contribution < 1.29 is 4.79 Å². The van der Waals surface area contributed by atoms with E-state index in [4.69, 9.17) is 0 Å². The summed E-state index contributed by atoms with van der Waals surface area (Å²) in [5.74, 6) is 0.0283. The Morgan fingerprint density at radius 2 is 2.12 bits per heavy atom. The van der Waals surface area contributed by atoms with E-state index in [-0.39, 0.29) is 11.9 Å². The number of benzene rings is 1. The fourth-order valence-corrected chi connectivity index (χ4v) is 4.30. The third kappa shape index (κ3) is 2.87. The van der Waals surface area contributed by atoms with E-state index in [1.165, 1.54) is 16.9 Å². The summed E-state index contributed by atoms with van der Waals surface area (Å²) in [5, 5.41) is 3.11. The van der Waals surface area contributed by atoms with Crippen molar-refractivity contribution in [2.75, 3.05) is 0 Å². The van der Waals surface area contributed by atoms with Gasteiger partial charge in [-0.05, 0) is 55.5 Å². The van der Waals surface area contributed by atoms with Crippen LogP contribution in [0.3, 0.4) is 0 Å². The lowest BCUT2D eigenvalue weighted by atomic mass is 10.1. The normalized spacial score (nSPS) is 14.4. The molecule has 0 aliphatic heterocycles. The van der Waals surface area contributed by atoms with E-state index in [9.17, 15) is 4.79 Å². The predicted octanol–water partition coefficient (Wildman–Crippen LogP) is 3.91. The Kier molecular flexibility index (Phi) is 3.94. The predicted molar refractivity (Wildman–Crippen MR) is 95.8 cm³/mol. The van der Waals surface area contributed by atoms with Crippen molar-refractivity contribution in [2.24, 2.45) is 0 Å². The number of aromatic nitrogens is 2. The Bertz CT molecular complexity index is 828. The molecule has 1 amide bonds. The second kappa shape index (κ2) is 6.24. The molecule has 2 heterocycles. The molecule has 4 nitrogen and oxygen atoms in total. The highest BCUT2D eigenvalue weighted by Gasteiger charge is 2.19. The maximum Gasteiger partial charge on any atom is 0.261 e. The molecule has 1 N–H and O–H groups in total. The smallest absolute Gasteiger partial charge is 0.261 e. The van der Waals surface area contributed by atoms with E-state index < -0.39 is 0 Å². The zero-order valence-corrected chi connectivity index (χ0v) is 14.3. The van der Waals surface area contributed by atoms with E-state index in [0.29, 0.717) is 0 Å². The molecule has 1 aromatic carbocycles. The third-order valence-corrected chi connectivity index (χ3v) is 5.75. The van der Waals surface area contributed by atoms with Gasteiger partial charge in [-0.25, -0.2) is 4.98 Å². The summed E-state index contributed by atoms with van der Waals surface area (Å²) >= 11 is 1.65. The quantitative estimate of drug-likeness (QED) is 0.784. The SMILES string of the molecule is C[C@H](NC(=O)c1cc2c(s1)CCC2)c1ccc(-n2ccnc2)cc1. The van der Waals surface area contributed by atoms with E-state index >= 15 is 0 Å². The van der Waals surface area contributed by atoms with Crippen LogP contribution in [0.25, 0.3) is 5.69 Å². The minimum atomic E-state index is -0.0220. The first kappa shape index (κ1) is 15.1. The van der Waals surface area contributed by atoms with Gasteiger partial charge in [-0.1, -0.05) is 12.1 Å². The highest BCUT2D eigenvalue weighted by molar-refractivity contribution is 7.14. The van der Waals surface area contributed by atoms with Crippen LogP contribution in [0.2, 0.25) is 0 Å². The van der Waals surface area contributed by atoms with Gasteiger partial charge in [0.25, 0.3) is 5.91 Å². The molecule has 0 radical (unpaired) electrons. The van der Waals surface area contributed by atoms with Gasteiger partial charge in [0.2, 0.25) is 0 Å². The van der Waals surface area contributed by atoms with Crippen LogP contribution in [0.1, 0.15) is 45.1 Å². The molecule has 24 heavy (non-hydrogen) atoms. The number of amides is 1. The second-order valence-corrected chi connectivity index (χ2v) is 7.31. The number of hydrogen-bond acceptors (Lipinski definition) is 3. The fraction of sp³-hybridized carbons (Fsp3) is 0.263. The summed E-state index contributed by atoms with van der Waals surface area (Å²) in [6.07, 6.45) is 8.91. The first-order valence-corrected chi connectivity index (χ1v) is 9.03. The molecular weight excluding hydrogens is 318 g/mol. The maximum atomic E-state index is 12.5. The average molecular weight is 337 g/mol. The van der Waals surface area contributed by atoms with Crippen LogP contribution in [0, 0.1) is 0 Å². The number of hydrogen-bond donors (Lipinski definition) is 1. The number of nitrogens with zero attached hydrogens (tertiary/aromatic N) is 2. The highest BCUT2D eigenvalue weighted by Crippen LogP contribution is 2.30. The van der Waals surface area contributed by atoms with Crippen LogP contribution < -0.4 is 5.32 Å². The molecule has 1 atom stereocenters. The molecule has 0 saturated carbocycles. The fourth-order valence-electron chi connectivity index (χ4n) is 3.14. The minimum absolute atomic E-state index is 0.0220. The van der Waals surface area contributed by atoms with E-state index in [1.54, 1.807) is 23.9 Å². The van der Waals surface area contributed by atoms with Crippen LogP contribution in [0.4, 0.5) is 0 Å². The van der Waals surface area contributed by atoms with E-state index in [2.05, 4.69) is 28.5 Å². The number of imidazole rings is 1. The molecule has 5 heteroatoms. The van der Waals surface area contributed by atoms with Crippen LogP contribution >= 0.6 is 11.3 Å². The minimum Gasteiger partial charge on any atom is -0.345 e. The largest absolute Gasteiger partial charge is 0.345 e. The zero-order chi connectivity index (χ0) is 16.5. The lowest BCUT2D eigenvalue weighted by Gasteiger charge is -2.14. The van der Waals surface area contributed by atoms with Gasteiger partial charge in [-0.3, -0.25) is 4.79 Å². The summed E-state index contributed by atoms with van der Waals surface area (Å²) in [6.45, 7) is 2.02. The zero-order valence-electron chi connectivity index (χ0n) is 13.5. The Morgan fingerprint density at radius 1 is 1.29 bits per heavy atom. The molecule has 3 aromatic rings. The van der Waals surface area contributed by atoms with Crippen LogP contribution in [-0.4, -0.2) is 15.5 Å². The van der Waals surface area contributed by atoms with Gasteiger partial charge in [-0.15, -0.1) is 11.3 Å². The Balaban J connectivity index is 1.45. The first-order chi connectivity index (χ1) is 11.7. The first-order valence-electron chi connectivity index (χ1n) is 8.21. The highest BCUT2D eigenvalue weighted by atomic mass is 32.1. The molecule has 0 fully saturated rings. The van der Waals surface area contributed by atoms with Crippen LogP contribution in [-0.2, 0) is 12.8 Å². The molecule has 0 unspecified atom stereocenters. The summed E-state index contributed by atoms with van der Waals surface area (Å²) in [5.41, 5.74) is 3.52. The summed E-state index contributed by atoms with van der Waals surface area (Å²) in [4.78, 5) is 18.8. The molecule has 0 saturated heterocycles. The lowest BCUT2D eigenvalue weighted by molar-refractivity contribution is 0.0944. The topological polar surface area (TPSA) is 46.9 Å². The van der Waals surface area contributed by atoms with Gasteiger partial charge in [0.05, 0.1) is 17.2 Å². The maximum absolute atomic E-state index is 12.5. The van der Waals surface area contributed by atoms with Crippen LogP contribution in [0.15, 0.2) is 49.1 Å². The number of fused-ring (bicyclic) bond motifs is 1. The number of carbonyl (C=O) groups is 1. The van der Waals surface area contributed by atoms with Crippen molar-refractivity contribution in [2.45, 2.75) is 32.2 Å². The van der Waals surface area contributed by atoms with Crippen molar-refractivity contribution in [3.63, 3.8) is 0 Å².